The number of nitrogens with zero attached hydrogens (tertiary/aromatic N) is 2. The SMILES string of the molecule is NC/C=C/Oc1cc(CN2CCCCC2)ccn1. The zero-order valence-corrected chi connectivity index (χ0v) is 10.7. The van der Waals surface area contributed by atoms with Gasteiger partial charge in [-0.15, -0.1) is 0 Å². The van der Waals surface area contributed by atoms with Crippen LogP contribution in [0.3, 0.4) is 0 Å². The van der Waals surface area contributed by atoms with Crippen LogP contribution >= 0.6 is 0 Å². The molecule has 1 saturated heterocycles. The Balaban J connectivity index is 1.91. The van der Waals surface area contributed by atoms with E-state index >= 15 is 0 Å². The van der Waals surface area contributed by atoms with Crippen LogP contribution in [-0.2, 0) is 6.54 Å². The summed E-state index contributed by atoms with van der Waals surface area (Å²) in [5.41, 5.74) is 6.61. The van der Waals surface area contributed by atoms with Crippen molar-refractivity contribution in [2.75, 3.05) is 19.6 Å². The summed E-state index contributed by atoms with van der Waals surface area (Å²) in [4.78, 5) is 6.66. The van der Waals surface area contributed by atoms with Crippen molar-refractivity contribution in [1.82, 2.24) is 9.88 Å². The van der Waals surface area contributed by atoms with Gasteiger partial charge in [0.25, 0.3) is 0 Å². The summed E-state index contributed by atoms with van der Waals surface area (Å²) in [6.07, 6.45) is 9.14. The highest BCUT2D eigenvalue weighted by Crippen LogP contribution is 2.15. The molecule has 0 bridgehead atoms. The van der Waals surface area contributed by atoms with Crippen LogP contribution in [0, 0.1) is 0 Å². The third kappa shape index (κ3) is 4.13. The molecule has 0 spiro atoms. The van der Waals surface area contributed by atoms with Gasteiger partial charge in [-0.1, -0.05) is 6.42 Å². The lowest BCUT2D eigenvalue weighted by molar-refractivity contribution is 0.220. The van der Waals surface area contributed by atoms with E-state index < -0.39 is 0 Å². The molecule has 0 radical (unpaired) electrons. The molecular weight excluding hydrogens is 226 g/mol. The summed E-state index contributed by atoms with van der Waals surface area (Å²) >= 11 is 0. The predicted molar refractivity (Wildman–Crippen MR) is 72.2 cm³/mol. The maximum atomic E-state index is 5.39. The Morgan fingerprint density at radius 3 is 2.94 bits per heavy atom. The highest BCUT2D eigenvalue weighted by atomic mass is 16.5. The molecule has 1 fully saturated rings. The van der Waals surface area contributed by atoms with Crippen LogP contribution < -0.4 is 10.5 Å². The zero-order valence-electron chi connectivity index (χ0n) is 10.7. The lowest BCUT2D eigenvalue weighted by atomic mass is 10.1. The molecule has 4 heteroatoms. The number of likely N-dealkylation sites (tertiary alicyclic amines) is 1. The van der Waals surface area contributed by atoms with Gasteiger partial charge in [-0.05, 0) is 43.6 Å². The summed E-state index contributed by atoms with van der Waals surface area (Å²) in [5.74, 6) is 0.634. The van der Waals surface area contributed by atoms with Gasteiger partial charge in [-0.3, -0.25) is 4.90 Å². The average Bonchev–Trinajstić information content (AvgIpc) is 2.41. The smallest absolute Gasteiger partial charge is 0.218 e. The Kier molecular flexibility index (Phi) is 5.17. The van der Waals surface area contributed by atoms with Crippen LogP contribution in [0.25, 0.3) is 0 Å². The van der Waals surface area contributed by atoms with Gasteiger partial charge in [-0.25, -0.2) is 4.98 Å². The van der Waals surface area contributed by atoms with Crippen molar-refractivity contribution >= 4 is 0 Å². The first-order valence-corrected chi connectivity index (χ1v) is 6.57. The number of hydrogen-bond acceptors (Lipinski definition) is 4. The fourth-order valence-electron chi connectivity index (χ4n) is 2.16. The summed E-state index contributed by atoms with van der Waals surface area (Å²) < 4.78 is 5.39. The third-order valence-electron chi connectivity index (χ3n) is 3.08. The van der Waals surface area contributed by atoms with Crippen LogP contribution in [0.4, 0.5) is 0 Å². The van der Waals surface area contributed by atoms with Gasteiger partial charge in [-0.2, -0.15) is 0 Å². The van der Waals surface area contributed by atoms with E-state index in [0.29, 0.717) is 12.4 Å². The predicted octanol–water partition coefficient (Wildman–Crippen LogP) is 1.92. The van der Waals surface area contributed by atoms with E-state index in [1.807, 2.05) is 12.1 Å². The van der Waals surface area contributed by atoms with Crippen molar-refractivity contribution in [2.45, 2.75) is 25.8 Å². The van der Waals surface area contributed by atoms with E-state index in [1.54, 1.807) is 18.5 Å². The second kappa shape index (κ2) is 7.13. The van der Waals surface area contributed by atoms with Gasteiger partial charge in [0.2, 0.25) is 5.88 Å². The van der Waals surface area contributed by atoms with Gasteiger partial charge >= 0.3 is 0 Å². The molecule has 1 aromatic rings. The van der Waals surface area contributed by atoms with Crippen molar-refractivity contribution in [3.63, 3.8) is 0 Å². The molecule has 2 N–H and O–H groups in total. The first-order chi connectivity index (χ1) is 8.88. The molecule has 0 atom stereocenters. The molecule has 18 heavy (non-hydrogen) atoms. The van der Waals surface area contributed by atoms with E-state index in [1.165, 1.54) is 37.9 Å². The molecular formula is C14H21N3O. The maximum Gasteiger partial charge on any atom is 0.218 e. The van der Waals surface area contributed by atoms with Crippen molar-refractivity contribution in [2.24, 2.45) is 5.73 Å². The van der Waals surface area contributed by atoms with Gasteiger partial charge in [0.15, 0.2) is 0 Å². The van der Waals surface area contributed by atoms with Gasteiger partial charge in [0, 0.05) is 25.4 Å². The Labute approximate surface area is 108 Å². The maximum absolute atomic E-state index is 5.39. The minimum atomic E-state index is 0.480. The average molecular weight is 247 g/mol. The fraction of sp³-hybridized carbons (Fsp3) is 0.500. The summed E-state index contributed by atoms with van der Waals surface area (Å²) in [6.45, 7) is 3.87. The topological polar surface area (TPSA) is 51.4 Å². The van der Waals surface area contributed by atoms with Crippen LogP contribution in [0.2, 0.25) is 0 Å². The lowest BCUT2D eigenvalue weighted by Gasteiger charge is -2.26. The molecule has 4 nitrogen and oxygen atoms in total. The Bertz CT molecular complexity index is 386. The van der Waals surface area contributed by atoms with E-state index in [-0.39, 0.29) is 0 Å². The second-order valence-electron chi connectivity index (χ2n) is 4.56. The minimum Gasteiger partial charge on any atom is -0.447 e. The molecule has 0 amide bonds. The number of piperidine rings is 1. The molecule has 0 aliphatic carbocycles. The first kappa shape index (κ1) is 13.1. The number of nitrogens with two attached hydrogens (primary N) is 1. The molecule has 1 aromatic heterocycles. The van der Waals surface area contributed by atoms with E-state index in [4.69, 9.17) is 10.5 Å². The molecule has 2 rings (SSSR count). The van der Waals surface area contributed by atoms with Gasteiger partial charge < -0.3 is 10.5 Å². The van der Waals surface area contributed by atoms with Gasteiger partial charge in [0.05, 0.1) is 6.26 Å². The molecule has 98 valence electrons. The summed E-state index contributed by atoms with van der Waals surface area (Å²) in [5, 5.41) is 0. The largest absolute Gasteiger partial charge is 0.447 e. The second-order valence-corrected chi connectivity index (χ2v) is 4.56. The number of rotatable bonds is 5. The highest BCUT2D eigenvalue weighted by molar-refractivity contribution is 5.21. The van der Waals surface area contributed by atoms with Gasteiger partial charge in [0.1, 0.15) is 0 Å². The van der Waals surface area contributed by atoms with Crippen LogP contribution in [-0.4, -0.2) is 29.5 Å². The van der Waals surface area contributed by atoms with Crippen molar-refractivity contribution in [3.8, 4) is 5.88 Å². The molecule has 1 aliphatic rings. The standard InChI is InChI=1S/C14H21N3O/c15-6-4-10-18-14-11-13(5-7-16-14)12-17-8-2-1-3-9-17/h4-5,7,10-11H,1-3,6,8-9,12,15H2/b10-4+. The molecule has 0 unspecified atom stereocenters. The quantitative estimate of drug-likeness (QED) is 0.808. The number of pyridine rings is 1. The lowest BCUT2D eigenvalue weighted by Crippen LogP contribution is -2.29. The van der Waals surface area contributed by atoms with Crippen LogP contribution in [0.1, 0.15) is 24.8 Å². The Morgan fingerprint density at radius 2 is 2.17 bits per heavy atom. The van der Waals surface area contributed by atoms with Crippen LogP contribution in [0.15, 0.2) is 30.7 Å². The van der Waals surface area contributed by atoms with E-state index in [0.717, 1.165) is 6.54 Å². The molecule has 0 saturated carbocycles. The molecule has 1 aliphatic heterocycles. The Morgan fingerprint density at radius 1 is 1.33 bits per heavy atom. The number of ether oxygens (including phenoxy) is 1. The normalized spacial score (nSPS) is 17.2. The fourth-order valence-corrected chi connectivity index (χ4v) is 2.16. The highest BCUT2D eigenvalue weighted by Gasteiger charge is 2.10. The number of hydrogen-bond donors (Lipinski definition) is 1. The van der Waals surface area contributed by atoms with Crippen LogP contribution in [0.5, 0.6) is 5.88 Å². The third-order valence-corrected chi connectivity index (χ3v) is 3.08. The van der Waals surface area contributed by atoms with E-state index in [2.05, 4.69) is 9.88 Å². The molecule has 2 heterocycles. The summed E-state index contributed by atoms with van der Waals surface area (Å²) in [7, 11) is 0. The minimum absolute atomic E-state index is 0.480. The van der Waals surface area contributed by atoms with Crippen molar-refractivity contribution in [3.05, 3.63) is 36.2 Å². The zero-order chi connectivity index (χ0) is 12.6. The summed E-state index contributed by atoms with van der Waals surface area (Å²) in [6, 6.07) is 4.05. The Hall–Kier alpha value is -1.39. The monoisotopic (exact) mass is 247 g/mol. The first-order valence-electron chi connectivity index (χ1n) is 6.57. The van der Waals surface area contributed by atoms with Crippen molar-refractivity contribution < 1.29 is 4.74 Å². The van der Waals surface area contributed by atoms with E-state index in [9.17, 15) is 0 Å². The van der Waals surface area contributed by atoms with Crippen molar-refractivity contribution in [1.29, 1.82) is 0 Å². The molecule has 0 aromatic carbocycles. The number of aromatic nitrogens is 1.